The van der Waals surface area contributed by atoms with Crippen molar-refractivity contribution >= 4 is 28.5 Å². The summed E-state index contributed by atoms with van der Waals surface area (Å²) in [6.45, 7) is 0. The van der Waals surface area contributed by atoms with Crippen LogP contribution in [0.5, 0.6) is 0 Å². The van der Waals surface area contributed by atoms with Gasteiger partial charge in [0.25, 0.3) is 0 Å². The van der Waals surface area contributed by atoms with Crippen molar-refractivity contribution < 1.29 is 14.3 Å². The highest BCUT2D eigenvalue weighted by Crippen LogP contribution is 2.23. The fourth-order valence-electron chi connectivity index (χ4n) is 1.87. The van der Waals surface area contributed by atoms with Crippen LogP contribution in [0.4, 0.5) is 5.69 Å². The molecule has 0 fully saturated rings. The molecule has 2 aromatic rings. The lowest BCUT2D eigenvalue weighted by atomic mass is 10.2. The molecule has 0 aliphatic carbocycles. The van der Waals surface area contributed by atoms with Crippen LogP contribution in [0.25, 0.3) is 10.9 Å². The van der Waals surface area contributed by atoms with Crippen molar-refractivity contribution in [1.82, 2.24) is 9.78 Å². The molecule has 1 amide bonds. The lowest BCUT2D eigenvalue weighted by molar-refractivity contribution is -0.115. The highest BCUT2D eigenvalue weighted by atomic mass is 16.5. The van der Waals surface area contributed by atoms with E-state index in [-0.39, 0.29) is 12.1 Å². The monoisotopic (exact) mass is 272 g/mol. The van der Waals surface area contributed by atoms with Crippen LogP contribution in [-0.4, -0.2) is 28.8 Å². The normalized spacial score (nSPS) is 10.1. The number of benzene rings is 1. The Balaban J connectivity index is 2.44. The van der Waals surface area contributed by atoms with Gasteiger partial charge in [-0.15, -0.1) is 0 Å². The second-order valence-corrected chi connectivity index (χ2v) is 4.08. The Morgan fingerprint density at radius 1 is 1.50 bits per heavy atom. The predicted molar refractivity (Wildman–Crippen MR) is 70.9 cm³/mol. The molecule has 20 heavy (non-hydrogen) atoms. The summed E-state index contributed by atoms with van der Waals surface area (Å²) in [4.78, 5) is 23.0. The molecular formula is C13H12N4O3. The van der Waals surface area contributed by atoms with Gasteiger partial charge < -0.3 is 10.1 Å². The summed E-state index contributed by atoms with van der Waals surface area (Å²) in [6.07, 6.45) is -0.227. The predicted octanol–water partition coefficient (Wildman–Crippen LogP) is 1.21. The second-order valence-electron chi connectivity index (χ2n) is 4.08. The number of nitrogens with zero attached hydrogens (tertiary/aromatic N) is 3. The number of hydrogen-bond donors (Lipinski definition) is 1. The number of amides is 1. The Morgan fingerprint density at radius 3 is 2.90 bits per heavy atom. The zero-order valence-electron chi connectivity index (χ0n) is 11.0. The van der Waals surface area contributed by atoms with Crippen molar-refractivity contribution in [3.8, 4) is 6.07 Å². The summed E-state index contributed by atoms with van der Waals surface area (Å²) >= 11 is 0. The quantitative estimate of drug-likeness (QED) is 0.847. The van der Waals surface area contributed by atoms with Gasteiger partial charge in [0.05, 0.1) is 18.7 Å². The minimum Gasteiger partial charge on any atom is -0.464 e. The molecular weight excluding hydrogens is 260 g/mol. The van der Waals surface area contributed by atoms with Gasteiger partial charge >= 0.3 is 5.97 Å². The molecule has 0 aliphatic heterocycles. The molecule has 1 aromatic carbocycles. The Bertz CT molecular complexity index is 727. The minimum atomic E-state index is -0.545. The summed E-state index contributed by atoms with van der Waals surface area (Å²) < 4.78 is 6.23. The van der Waals surface area contributed by atoms with Gasteiger partial charge in [-0.1, -0.05) is 0 Å². The molecule has 0 bridgehead atoms. The fraction of sp³-hybridized carbons (Fsp3) is 0.231. The summed E-state index contributed by atoms with van der Waals surface area (Å²) in [5.74, 6) is -0.952. The Kier molecular flexibility index (Phi) is 3.66. The van der Waals surface area contributed by atoms with Gasteiger partial charge in [0.15, 0.2) is 5.69 Å². The number of ether oxygens (including phenoxy) is 1. The maximum absolute atomic E-state index is 11.6. The first-order valence-electron chi connectivity index (χ1n) is 5.78. The van der Waals surface area contributed by atoms with Gasteiger partial charge in [-0.25, -0.2) is 4.79 Å². The van der Waals surface area contributed by atoms with Crippen LogP contribution in [0.3, 0.4) is 0 Å². The molecule has 0 aliphatic rings. The average molecular weight is 272 g/mol. The van der Waals surface area contributed by atoms with E-state index in [0.717, 1.165) is 5.52 Å². The molecule has 7 heteroatoms. The van der Waals surface area contributed by atoms with Crippen LogP contribution in [-0.2, 0) is 16.6 Å². The highest BCUT2D eigenvalue weighted by molar-refractivity contribution is 6.04. The molecule has 0 unspecified atom stereocenters. The molecule has 0 atom stereocenters. The Hall–Kier alpha value is -2.88. The Morgan fingerprint density at radius 2 is 2.25 bits per heavy atom. The molecule has 0 saturated heterocycles. The third-order valence-corrected chi connectivity index (χ3v) is 2.75. The molecule has 1 heterocycles. The van der Waals surface area contributed by atoms with Gasteiger partial charge in [-0.05, 0) is 18.2 Å². The standard InChI is InChI=1S/C13H12N4O3/c1-17-10-4-3-8(15-11(18)5-6-14)7-9(10)12(16-17)13(19)20-2/h3-4,7H,5H2,1-2H3,(H,15,18). The lowest BCUT2D eigenvalue weighted by Crippen LogP contribution is -2.10. The number of rotatable bonds is 3. The SMILES string of the molecule is COC(=O)c1nn(C)c2ccc(NC(=O)CC#N)cc12. The summed E-state index contributed by atoms with van der Waals surface area (Å²) in [6, 6.07) is 6.81. The molecule has 0 radical (unpaired) electrons. The number of carbonyl (C=O) groups is 2. The van der Waals surface area contributed by atoms with Crippen LogP contribution >= 0.6 is 0 Å². The average Bonchev–Trinajstić information content (AvgIpc) is 2.75. The number of aryl methyl sites for hydroxylation is 1. The number of esters is 1. The topological polar surface area (TPSA) is 97.0 Å². The zero-order chi connectivity index (χ0) is 14.7. The smallest absolute Gasteiger partial charge is 0.359 e. The highest BCUT2D eigenvalue weighted by Gasteiger charge is 2.17. The van der Waals surface area contributed by atoms with E-state index in [1.54, 1.807) is 36.0 Å². The first kappa shape index (κ1) is 13.5. The fourth-order valence-corrected chi connectivity index (χ4v) is 1.87. The number of fused-ring (bicyclic) bond motifs is 1. The van der Waals surface area contributed by atoms with E-state index >= 15 is 0 Å². The third kappa shape index (κ3) is 2.44. The van der Waals surface area contributed by atoms with E-state index in [1.165, 1.54) is 7.11 Å². The van der Waals surface area contributed by atoms with Crippen molar-refractivity contribution in [2.24, 2.45) is 7.05 Å². The number of aromatic nitrogens is 2. The van der Waals surface area contributed by atoms with E-state index < -0.39 is 11.9 Å². The maximum Gasteiger partial charge on any atom is 0.359 e. The van der Waals surface area contributed by atoms with E-state index in [0.29, 0.717) is 11.1 Å². The number of nitriles is 1. The van der Waals surface area contributed by atoms with Crippen molar-refractivity contribution in [1.29, 1.82) is 5.26 Å². The van der Waals surface area contributed by atoms with Crippen molar-refractivity contribution in [3.63, 3.8) is 0 Å². The third-order valence-electron chi connectivity index (χ3n) is 2.75. The van der Waals surface area contributed by atoms with Crippen LogP contribution in [0.2, 0.25) is 0 Å². The van der Waals surface area contributed by atoms with Gasteiger partial charge in [-0.3, -0.25) is 9.48 Å². The van der Waals surface area contributed by atoms with Crippen molar-refractivity contribution in [3.05, 3.63) is 23.9 Å². The summed E-state index contributed by atoms with van der Waals surface area (Å²) in [5, 5.41) is 15.7. The number of carbonyl (C=O) groups excluding carboxylic acids is 2. The van der Waals surface area contributed by atoms with Crippen LogP contribution in [0.1, 0.15) is 16.9 Å². The second kappa shape index (κ2) is 5.40. The van der Waals surface area contributed by atoms with E-state index in [2.05, 4.69) is 15.2 Å². The molecule has 2 rings (SSSR count). The van der Waals surface area contributed by atoms with Crippen LogP contribution in [0.15, 0.2) is 18.2 Å². The lowest BCUT2D eigenvalue weighted by Gasteiger charge is -2.03. The van der Waals surface area contributed by atoms with Crippen molar-refractivity contribution in [2.75, 3.05) is 12.4 Å². The summed E-state index contributed by atoms with van der Waals surface area (Å²) in [5.41, 5.74) is 1.42. The van der Waals surface area contributed by atoms with E-state index in [1.807, 2.05) is 0 Å². The van der Waals surface area contributed by atoms with Gasteiger partial charge in [-0.2, -0.15) is 10.4 Å². The van der Waals surface area contributed by atoms with Crippen LogP contribution in [0, 0.1) is 11.3 Å². The molecule has 0 spiro atoms. The number of anilines is 1. The molecule has 1 aromatic heterocycles. The largest absolute Gasteiger partial charge is 0.464 e. The van der Waals surface area contributed by atoms with Crippen molar-refractivity contribution in [2.45, 2.75) is 6.42 Å². The van der Waals surface area contributed by atoms with E-state index in [9.17, 15) is 9.59 Å². The maximum atomic E-state index is 11.6. The first-order chi connectivity index (χ1) is 9.56. The first-order valence-corrected chi connectivity index (χ1v) is 5.78. The van der Waals surface area contributed by atoms with Gasteiger partial charge in [0.2, 0.25) is 5.91 Å². The summed E-state index contributed by atoms with van der Waals surface area (Å²) in [7, 11) is 2.99. The number of hydrogen-bond acceptors (Lipinski definition) is 5. The van der Waals surface area contributed by atoms with Gasteiger partial charge in [0, 0.05) is 18.1 Å². The van der Waals surface area contributed by atoms with Crippen LogP contribution < -0.4 is 5.32 Å². The molecule has 102 valence electrons. The minimum absolute atomic E-state index is 0.182. The molecule has 1 N–H and O–H groups in total. The molecule has 7 nitrogen and oxygen atoms in total. The number of nitrogens with one attached hydrogen (secondary N) is 1. The molecule has 0 saturated carbocycles. The number of methoxy groups -OCH3 is 1. The zero-order valence-corrected chi connectivity index (χ0v) is 11.0. The van der Waals surface area contributed by atoms with E-state index in [4.69, 9.17) is 5.26 Å². The Labute approximate surface area is 114 Å². The van der Waals surface area contributed by atoms with Gasteiger partial charge in [0.1, 0.15) is 6.42 Å².